The Bertz CT molecular complexity index is 788. The second-order valence-corrected chi connectivity index (χ2v) is 5.48. The fourth-order valence-corrected chi connectivity index (χ4v) is 2.55. The van der Waals surface area contributed by atoms with Crippen molar-refractivity contribution in [3.8, 4) is 0 Å². The summed E-state index contributed by atoms with van der Waals surface area (Å²) in [5, 5.41) is 2.07. The van der Waals surface area contributed by atoms with Crippen molar-refractivity contribution in [2.24, 2.45) is 0 Å². The van der Waals surface area contributed by atoms with Gasteiger partial charge in [0.25, 0.3) is 11.8 Å². The lowest BCUT2D eigenvalue weighted by Crippen LogP contribution is -2.35. The first kappa shape index (κ1) is 14.6. The minimum Gasteiger partial charge on any atom is -0.267 e. The van der Waals surface area contributed by atoms with E-state index in [-0.39, 0.29) is 5.57 Å². The van der Waals surface area contributed by atoms with Crippen LogP contribution in [0.3, 0.4) is 0 Å². The van der Waals surface area contributed by atoms with Crippen LogP contribution in [0.2, 0.25) is 10.0 Å². The van der Waals surface area contributed by atoms with E-state index >= 15 is 0 Å². The van der Waals surface area contributed by atoms with Crippen molar-refractivity contribution in [2.75, 3.05) is 5.01 Å². The molecule has 0 saturated carbocycles. The molecule has 0 spiro atoms. The van der Waals surface area contributed by atoms with Gasteiger partial charge < -0.3 is 0 Å². The van der Waals surface area contributed by atoms with Gasteiger partial charge in [-0.05, 0) is 35.9 Å². The van der Waals surface area contributed by atoms with E-state index < -0.39 is 11.8 Å². The molecule has 1 saturated heterocycles. The highest BCUT2D eigenvalue weighted by atomic mass is 35.5. The van der Waals surface area contributed by atoms with Crippen LogP contribution in [0, 0.1) is 0 Å². The van der Waals surface area contributed by atoms with E-state index in [4.69, 9.17) is 23.2 Å². The Balaban J connectivity index is 1.96. The van der Waals surface area contributed by atoms with Crippen LogP contribution in [0.5, 0.6) is 0 Å². The molecule has 0 bridgehead atoms. The summed E-state index contributed by atoms with van der Waals surface area (Å²) in [6, 6.07) is 13.7. The molecule has 0 radical (unpaired) electrons. The van der Waals surface area contributed by atoms with Crippen LogP contribution >= 0.6 is 23.2 Å². The summed E-state index contributed by atoms with van der Waals surface area (Å²) < 4.78 is 0. The number of hydrogen-bond acceptors (Lipinski definition) is 2. The van der Waals surface area contributed by atoms with Crippen LogP contribution < -0.4 is 10.4 Å². The minimum atomic E-state index is -0.472. The van der Waals surface area contributed by atoms with Gasteiger partial charge in [-0.3, -0.25) is 15.0 Å². The number of benzene rings is 2. The standard InChI is InChI=1S/C16H10Cl2N2O2/c17-11-7-6-10(14(18)9-11)8-13-15(21)19-20(16(13)22)12-4-2-1-3-5-12/h1-9H,(H,19,21)/b13-8-. The van der Waals surface area contributed by atoms with E-state index in [1.807, 2.05) is 6.07 Å². The summed E-state index contributed by atoms with van der Waals surface area (Å²) in [6.45, 7) is 0. The molecule has 2 aromatic rings. The average molecular weight is 333 g/mol. The molecular weight excluding hydrogens is 323 g/mol. The molecule has 1 N–H and O–H groups in total. The Hall–Kier alpha value is -2.30. The zero-order valence-corrected chi connectivity index (χ0v) is 12.7. The Labute approximate surface area is 136 Å². The molecule has 110 valence electrons. The molecule has 0 aromatic heterocycles. The second-order valence-electron chi connectivity index (χ2n) is 4.64. The summed E-state index contributed by atoms with van der Waals surface area (Å²) in [4.78, 5) is 24.4. The van der Waals surface area contributed by atoms with Crippen LogP contribution in [0.25, 0.3) is 6.08 Å². The Morgan fingerprint density at radius 2 is 1.73 bits per heavy atom. The van der Waals surface area contributed by atoms with Gasteiger partial charge in [0, 0.05) is 10.0 Å². The van der Waals surface area contributed by atoms with Crippen molar-refractivity contribution in [3.05, 3.63) is 69.7 Å². The fourth-order valence-electron chi connectivity index (χ4n) is 2.09. The molecule has 1 fully saturated rings. The van der Waals surface area contributed by atoms with Crippen LogP contribution in [-0.2, 0) is 9.59 Å². The molecule has 0 unspecified atom stereocenters. The highest BCUT2D eigenvalue weighted by Gasteiger charge is 2.34. The lowest BCUT2D eigenvalue weighted by molar-refractivity contribution is -0.117. The van der Waals surface area contributed by atoms with Crippen molar-refractivity contribution < 1.29 is 9.59 Å². The number of rotatable bonds is 2. The number of anilines is 1. The predicted molar refractivity (Wildman–Crippen MR) is 86.5 cm³/mol. The zero-order chi connectivity index (χ0) is 15.7. The van der Waals surface area contributed by atoms with E-state index in [2.05, 4.69) is 5.43 Å². The van der Waals surface area contributed by atoms with Gasteiger partial charge in [-0.1, -0.05) is 47.5 Å². The minimum absolute atomic E-state index is 0.0214. The van der Waals surface area contributed by atoms with E-state index in [0.717, 1.165) is 0 Å². The number of nitrogens with one attached hydrogen (secondary N) is 1. The van der Waals surface area contributed by atoms with Gasteiger partial charge in [0.15, 0.2) is 0 Å². The molecule has 1 aliphatic rings. The molecule has 0 atom stereocenters. The molecule has 3 rings (SSSR count). The Morgan fingerprint density at radius 3 is 2.41 bits per heavy atom. The van der Waals surface area contributed by atoms with Crippen LogP contribution in [0.15, 0.2) is 54.1 Å². The van der Waals surface area contributed by atoms with Crippen LogP contribution in [0.4, 0.5) is 5.69 Å². The number of halogens is 2. The molecule has 2 aromatic carbocycles. The van der Waals surface area contributed by atoms with Crippen molar-refractivity contribution in [3.63, 3.8) is 0 Å². The highest BCUT2D eigenvalue weighted by Crippen LogP contribution is 2.26. The van der Waals surface area contributed by atoms with Gasteiger partial charge >= 0.3 is 0 Å². The number of amides is 2. The largest absolute Gasteiger partial charge is 0.282 e. The second kappa shape index (κ2) is 5.83. The maximum Gasteiger partial charge on any atom is 0.282 e. The smallest absolute Gasteiger partial charge is 0.267 e. The lowest BCUT2D eigenvalue weighted by Gasteiger charge is -2.13. The van der Waals surface area contributed by atoms with Gasteiger partial charge in [0.1, 0.15) is 5.57 Å². The summed E-state index contributed by atoms with van der Waals surface area (Å²) in [5.41, 5.74) is 3.69. The summed E-state index contributed by atoms with van der Waals surface area (Å²) in [7, 11) is 0. The van der Waals surface area contributed by atoms with Gasteiger partial charge in [-0.25, -0.2) is 5.01 Å². The SMILES string of the molecule is O=C1NN(c2ccccc2)C(=O)/C1=C\c1ccc(Cl)cc1Cl. The van der Waals surface area contributed by atoms with E-state index in [1.165, 1.54) is 11.1 Å². The van der Waals surface area contributed by atoms with Gasteiger partial charge in [-0.15, -0.1) is 0 Å². The maximum absolute atomic E-state index is 12.4. The van der Waals surface area contributed by atoms with Crippen molar-refractivity contribution in [1.29, 1.82) is 0 Å². The van der Waals surface area contributed by atoms with E-state index in [9.17, 15) is 9.59 Å². The molecule has 22 heavy (non-hydrogen) atoms. The van der Waals surface area contributed by atoms with Crippen molar-refractivity contribution in [1.82, 2.24) is 5.43 Å². The molecular formula is C16H10Cl2N2O2. The first-order valence-corrected chi connectivity index (χ1v) is 7.19. The normalized spacial score (nSPS) is 16.3. The molecule has 2 amide bonds. The zero-order valence-electron chi connectivity index (χ0n) is 11.2. The van der Waals surface area contributed by atoms with Gasteiger partial charge in [-0.2, -0.15) is 0 Å². The third-order valence-electron chi connectivity index (χ3n) is 3.17. The number of carbonyl (C=O) groups is 2. The molecule has 6 heteroatoms. The van der Waals surface area contributed by atoms with E-state index in [0.29, 0.717) is 21.3 Å². The van der Waals surface area contributed by atoms with Crippen molar-refractivity contribution >= 4 is 46.8 Å². The molecule has 4 nitrogen and oxygen atoms in total. The van der Waals surface area contributed by atoms with E-state index in [1.54, 1.807) is 42.5 Å². The number of para-hydroxylation sites is 1. The third kappa shape index (κ3) is 2.71. The third-order valence-corrected chi connectivity index (χ3v) is 3.73. The summed E-state index contributed by atoms with van der Waals surface area (Å²) >= 11 is 11.9. The summed E-state index contributed by atoms with van der Waals surface area (Å²) in [6.07, 6.45) is 1.46. The molecule has 1 aliphatic heterocycles. The predicted octanol–water partition coefficient (Wildman–Crippen LogP) is 3.45. The number of hydrogen-bond donors (Lipinski definition) is 1. The Kier molecular flexibility index (Phi) is 3.88. The fraction of sp³-hybridized carbons (Fsp3) is 0. The Morgan fingerprint density at radius 1 is 1.00 bits per heavy atom. The maximum atomic E-state index is 12.4. The van der Waals surface area contributed by atoms with Gasteiger partial charge in [0.05, 0.1) is 5.69 Å². The first-order chi connectivity index (χ1) is 10.6. The number of hydrazine groups is 1. The molecule has 0 aliphatic carbocycles. The van der Waals surface area contributed by atoms with Crippen LogP contribution in [0.1, 0.15) is 5.56 Å². The average Bonchev–Trinajstić information content (AvgIpc) is 2.79. The van der Waals surface area contributed by atoms with Crippen LogP contribution in [-0.4, -0.2) is 11.8 Å². The molecule has 1 heterocycles. The quantitative estimate of drug-likeness (QED) is 0.676. The summed E-state index contributed by atoms with van der Waals surface area (Å²) in [5.74, 6) is -0.901. The first-order valence-electron chi connectivity index (χ1n) is 6.43. The highest BCUT2D eigenvalue weighted by molar-refractivity contribution is 6.36. The monoisotopic (exact) mass is 332 g/mol. The van der Waals surface area contributed by atoms with Gasteiger partial charge in [0.2, 0.25) is 0 Å². The number of carbonyl (C=O) groups excluding carboxylic acids is 2. The van der Waals surface area contributed by atoms with Crippen molar-refractivity contribution in [2.45, 2.75) is 0 Å². The number of nitrogens with zero attached hydrogens (tertiary/aromatic N) is 1. The lowest BCUT2D eigenvalue weighted by atomic mass is 10.1. The topological polar surface area (TPSA) is 49.4 Å².